The second kappa shape index (κ2) is 11.2. The summed E-state index contributed by atoms with van der Waals surface area (Å²) in [5, 5.41) is 8.94. The molecule has 0 aliphatic heterocycles. The molecule has 0 unspecified atom stereocenters. The summed E-state index contributed by atoms with van der Waals surface area (Å²) in [6.07, 6.45) is 1.18. The second-order valence-corrected chi connectivity index (χ2v) is 7.42. The van der Waals surface area contributed by atoms with Crippen LogP contribution < -0.4 is 16.0 Å². The number of amides is 3. The SMILES string of the molecule is CCCC(=O)Nc1ccc(Cl)c(NCC(=O)N(C)CC(=O)Nc2ccc(C)cc2)c1. The van der Waals surface area contributed by atoms with Crippen LogP contribution in [0.25, 0.3) is 0 Å². The summed E-state index contributed by atoms with van der Waals surface area (Å²) in [5.41, 5.74) is 2.90. The molecule has 2 aromatic rings. The predicted molar refractivity (Wildman–Crippen MR) is 121 cm³/mol. The Labute approximate surface area is 181 Å². The van der Waals surface area contributed by atoms with Crippen molar-refractivity contribution in [3.63, 3.8) is 0 Å². The van der Waals surface area contributed by atoms with Crippen molar-refractivity contribution in [3.05, 3.63) is 53.1 Å². The van der Waals surface area contributed by atoms with Crippen LogP contribution in [0.1, 0.15) is 25.3 Å². The number of carbonyl (C=O) groups is 3. The third-order valence-electron chi connectivity index (χ3n) is 4.30. The molecule has 7 nitrogen and oxygen atoms in total. The largest absolute Gasteiger partial charge is 0.375 e. The Kier molecular flexibility index (Phi) is 8.68. The Balaban J connectivity index is 1.87. The zero-order valence-electron chi connectivity index (χ0n) is 17.4. The van der Waals surface area contributed by atoms with Crippen LogP contribution in [0.5, 0.6) is 0 Å². The van der Waals surface area contributed by atoms with Gasteiger partial charge in [-0.1, -0.05) is 36.2 Å². The van der Waals surface area contributed by atoms with Gasteiger partial charge in [-0.05, 0) is 43.7 Å². The summed E-state index contributed by atoms with van der Waals surface area (Å²) in [5.74, 6) is -0.639. The maximum absolute atomic E-state index is 12.4. The van der Waals surface area contributed by atoms with Crippen LogP contribution in [-0.4, -0.2) is 42.8 Å². The first-order valence-electron chi connectivity index (χ1n) is 9.72. The lowest BCUT2D eigenvalue weighted by molar-refractivity contribution is -0.131. The minimum absolute atomic E-state index is 0.0413. The van der Waals surface area contributed by atoms with Gasteiger partial charge in [0, 0.05) is 24.8 Å². The van der Waals surface area contributed by atoms with Crippen molar-refractivity contribution in [3.8, 4) is 0 Å². The normalized spacial score (nSPS) is 10.3. The fourth-order valence-corrected chi connectivity index (χ4v) is 2.82. The summed E-state index contributed by atoms with van der Waals surface area (Å²) in [6.45, 7) is 3.78. The monoisotopic (exact) mass is 430 g/mol. The Hall–Kier alpha value is -3.06. The van der Waals surface area contributed by atoms with Gasteiger partial charge in [0.15, 0.2) is 0 Å². The summed E-state index contributed by atoms with van der Waals surface area (Å²) in [4.78, 5) is 37.6. The lowest BCUT2D eigenvalue weighted by atomic mass is 10.2. The Bertz CT molecular complexity index is 900. The van der Waals surface area contributed by atoms with Crippen molar-refractivity contribution in [1.29, 1.82) is 0 Å². The number of carbonyl (C=O) groups excluding carboxylic acids is 3. The van der Waals surface area contributed by atoms with Gasteiger partial charge in [-0.25, -0.2) is 0 Å². The van der Waals surface area contributed by atoms with Gasteiger partial charge in [-0.15, -0.1) is 0 Å². The standard InChI is InChI=1S/C22H27ClN4O3/c1-4-5-20(28)26-17-10-11-18(23)19(12-17)24-13-22(30)27(3)14-21(29)25-16-8-6-15(2)7-9-16/h6-12,24H,4-5,13-14H2,1-3H3,(H,25,29)(H,26,28). The van der Waals surface area contributed by atoms with Gasteiger partial charge in [0.25, 0.3) is 0 Å². The molecule has 0 atom stereocenters. The fourth-order valence-electron chi connectivity index (χ4n) is 2.64. The van der Waals surface area contributed by atoms with E-state index in [1.165, 1.54) is 4.90 Å². The van der Waals surface area contributed by atoms with E-state index in [1.54, 1.807) is 25.2 Å². The topological polar surface area (TPSA) is 90.5 Å². The Morgan fingerprint density at radius 1 is 0.967 bits per heavy atom. The molecular weight excluding hydrogens is 404 g/mol. The average Bonchev–Trinajstić information content (AvgIpc) is 2.70. The number of hydrogen-bond donors (Lipinski definition) is 3. The minimum atomic E-state index is -0.284. The maximum atomic E-state index is 12.4. The highest BCUT2D eigenvalue weighted by molar-refractivity contribution is 6.33. The van der Waals surface area contributed by atoms with E-state index < -0.39 is 0 Å². The van der Waals surface area contributed by atoms with Crippen LogP contribution >= 0.6 is 11.6 Å². The van der Waals surface area contributed by atoms with Crippen LogP contribution in [0.2, 0.25) is 5.02 Å². The van der Waals surface area contributed by atoms with Gasteiger partial charge in [-0.3, -0.25) is 14.4 Å². The number of rotatable bonds is 9. The molecule has 0 saturated carbocycles. The molecule has 0 saturated heterocycles. The van der Waals surface area contributed by atoms with Gasteiger partial charge in [-0.2, -0.15) is 0 Å². The first kappa shape index (κ1) is 23.2. The van der Waals surface area contributed by atoms with Crippen molar-refractivity contribution in [2.75, 3.05) is 36.1 Å². The molecule has 0 aliphatic carbocycles. The predicted octanol–water partition coefficient (Wildman–Crippen LogP) is 3.90. The molecule has 0 fully saturated rings. The van der Waals surface area contributed by atoms with Crippen LogP contribution in [0.15, 0.2) is 42.5 Å². The van der Waals surface area contributed by atoms with Crippen molar-refractivity contribution >= 4 is 46.4 Å². The molecule has 0 aromatic heterocycles. The van der Waals surface area contributed by atoms with Crippen LogP contribution in [0.4, 0.5) is 17.1 Å². The molecule has 0 heterocycles. The molecule has 30 heavy (non-hydrogen) atoms. The molecule has 160 valence electrons. The molecule has 0 spiro atoms. The highest BCUT2D eigenvalue weighted by Gasteiger charge is 2.14. The summed E-state index contributed by atoms with van der Waals surface area (Å²) in [7, 11) is 1.56. The van der Waals surface area contributed by atoms with Crippen LogP contribution in [-0.2, 0) is 14.4 Å². The number of nitrogens with zero attached hydrogens (tertiary/aromatic N) is 1. The van der Waals surface area contributed by atoms with Crippen LogP contribution in [0.3, 0.4) is 0 Å². The number of benzene rings is 2. The zero-order valence-corrected chi connectivity index (χ0v) is 18.2. The Morgan fingerprint density at radius 2 is 1.60 bits per heavy atom. The van der Waals surface area contributed by atoms with Gasteiger partial charge in [0.2, 0.25) is 17.7 Å². The van der Waals surface area contributed by atoms with E-state index in [4.69, 9.17) is 11.6 Å². The van der Waals surface area contributed by atoms with Crippen molar-refractivity contribution in [1.82, 2.24) is 4.90 Å². The molecule has 0 aliphatic rings. The average molecular weight is 431 g/mol. The number of aryl methyl sites for hydroxylation is 1. The maximum Gasteiger partial charge on any atom is 0.243 e. The molecule has 0 bridgehead atoms. The molecule has 0 radical (unpaired) electrons. The summed E-state index contributed by atoms with van der Waals surface area (Å²) in [6, 6.07) is 12.4. The van der Waals surface area contributed by atoms with E-state index in [-0.39, 0.29) is 30.8 Å². The van der Waals surface area contributed by atoms with E-state index >= 15 is 0 Å². The lowest BCUT2D eigenvalue weighted by Crippen LogP contribution is -2.38. The van der Waals surface area contributed by atoms with Crippen molar-refractivity contribution in [2.45, 2.75) is 26.7 Å². The highest BCUT2D eigenvalue weighted by atomic mass is 35.5. The minimum Gasteiger partial charge on any atom is -0.375 e. The molecule has 3 amide bonds. The summed E-state index contributed by atoms with van der Waals surface area (Å²) < 4.78 is 0. The second-order valence-electron chi connectivity index (χ2n) is 7.01. The highest BCUT2D eigenvalue weighted by Crippen LogP contribution is 2.25. The number of nitrogens with one attached hydrogen (secondary N) is 3. The van der Waals surface area contributed by atoms with Gasteiger partial charge in [0.05, 0.1) is 23.8 Å². The van der Waals surface area contributed by atoms with Gasteiger partial charge >= 0.3 is 0 Å². The molecule has 8 heteroatoms. The first-order valence-corrected chi connectivity index (χ1v) is 10.1. The lowest BCUT2D eigenvalue weighted by Gasteiger charge is -2.18. The smallest absolute Gasteiger partial charge is 0.243 e. The Morgan fingerprint density at radius 3 is 2.27 bits per heavy atom. The van der Waals surface area contributed by atoms with E-state index in [2.05, 4.69) is 16.0 Å². The quantitative estimate of drug-likeness (QED) is 0.562. The van der Waals surface area contributed by atoms with Gasteiger partial charge < -0.3 is 20.9 Å². The molecule has 3 N–H and O–H groups in total. The van der Waals surface area contributed by atoms with Gasteiger partial charge in [0.1, 0.15) is 0 Å². The number of halogens is 1. The van der Waals surface area contributed by atoms with Crippen molar-refractivity contribution < 1.29 is 14.4 Å². The first-order chi connectivity index (χ1) is 14.3. The van der Waals surface area contributed by atoms with Crippen molar-refractivity contribution in [2.24, 2.45) is 0 Å². The molecule has 2 aromatic carbocycles. The van der Waals surface area contributed by atoms with E-state index in [1.807, 2.05) is 38.1 Å². The molecular formula is C22H27ClN4O3. The number of anilines is 3. The van der Waals surface area contributed by atoms with E-state index in [0.29, 0.717) is 28.5 Å². The molecule has 2 rings (SSSR count). The number of hydrogen-bond acceptors (Lipinski definition) is 4. The number of likely N-dealkylation sites (N-methyl/N-ethyl adjacent to an activating group) is 1. The zero-order chi connectivity index (χ0) is 22.1. The fraction of sp³-hybridized carbons (Fsp3) is 0.318. The van der Waals surface area contributed by atoms with E-state index in [9.17, 15) is 14.4 Å². The third kappa shape index (κ3) is 7.40. The summed E-state index contributed by atoms with van der Waals surface area (Å²) >= 11 is 6.18. The third-order valence-corrected chi connectivity index (χ3v) is 4.63. The van der Waals surface area contributed by atoms with E-state index in [0.717, 1.165) is 12.0 Å². The van der Waals surface area contributed by atoms with Crippen LogP contribution in [0, 0.1) is 6.92 Å².